The highest BCUT2D eigenvalue weighted by atomic mass is 16.4. The second kappa shape index (κ2) is 8.95. The van der Waals surface area contributed by atoms with Crippen molar-refractivity contribution in [2.24, 2.45) is 5.92 Å². The second-order valence-corrected chi connectivity index (χ2v) is 5.97. The first-order valence-electron chi connectivity index (χ1n) is 7.72. The number of amides is 1. The summed E-state index contributed by atoms with van der Waals surface area (Å²) in [6.45, 7) is 6.67. The molecule has 0 aromatic carbocycles. The molecule has 1 aliphatic heterocycles. The van der Waals surface area contributed by atoms with Crippen LogP contribution < -0.4 is 5.32 Å². The minimum atomic E-state index is -0.721. The van der Waals surface area contributed by atoms with Crippen molar-refractivity contribution >= 4 is 11.9 Å². The number of nitrogens with one attached hydrogen (secondary N) is 1. The Morgan fingerprint density at radius 3 is 2.45 bits per heavy atom. The molecule has 0 unspecified atom stereocenters. The summed E-state index contributed by atoms with van der Waals surface area (Å²) < 4.78 is 0. The molecule has 0 aromatic rings. The molecular formula is C15H28N2O3. The Kier molecular flexibility index (Phi) is 7.59. The molecule has 0 aliphatic carbocycles. The molecule has 1 heterocycles. The first kappa shape index (κ1) is 17.0. The van der Waals surface area contributed by atoms with Crippen LogP contribution in [-0.2, 0) is 9.59 Å². The molecule has 0 bridgehead atoms. The van der Waals surface area contributed by atoms with Gasteiger partial charge < -0.3 is 15.3 Å². The monoisotopic (exact) mass is 284 g/mol. The van der Waals surface area contributed by atoms with E-state index in [1.165, 1.54) is 0 Å². The van der Waals surface area contributed by atoms with Gasteiger partial charge in [0, 0.05) is 32.0 Å². The maximum absolute atomic E-state index is 12.0. The SMILES string of the molecule is CC(C)NCCCC(=O)N1CCC(CCC(=O)O)CC1. The van der Waals surface area contributed by atoms with Crippen LogP contribution in [-0.4, -0.2) is 47.6 Å². The van der Waals surface area contributed by atoms with Crippen molar-refractivity contribution in [3.63, 3.8) is 0 Å². The Bertz CT molecular complexity index is 310. The summed E-state index contributed by atoms with van der Waals surface area (Å²) >= 11 is 0. The number of aliphatic carboxylic acids is 1. The lowest BCUT2D eigenvalue weighted by molar-refractivity contribution is -0.138. The lowest BCUT2D eigenvalue weighted by atomic mass is 9.92. The van der Waals surface area contributed by atoms with Crippen molar-refractivity contribution in [3.8, 4) is 0 Å². The fourth-order valence-electron chi connectivity index (χ4n) is 2.59. The molecule has 1 fully saturated rings. The van der Waals surface area contributed by atoms with Gasteiger partial charge in [-0.1, -0.05) is 13.8 Å². The first-order chi connectivity index (χ1) is 9.49. The quantitative estimate of drug-likeness (QED) is 0.668. The number of likely N-dealkylation sites (tertiary alicyclic amines) is 1. The average molecular weight is 284 g/mol. The Balaban J connectivity index is 2.14. The van der Waals surface area contributed by atoms with Gasteiger partial charge in [0.2, 0.25) is 5.91 Å². The number of hydrogen-bond donors (Lipinski definition) is 2. The Morgan fingerprint density at radius 1 is 1.25 bits per heavy atom. The minimum absolute atomic E-state index is 0.243. The zero-order chi connectivity index (χ0) is 15.0. The largest absolute Gasteiger partial charge is 0.481 e. The van der Waals surface area contributed by atoms with Crippen LogP contribution in [0.3, 0.4) is 0 Å². The van der Waals surface area contributed by atoms with Gasteiger partial charge in [0.15, 0.2) is 0 Å². The van der Waals surface area contributed by atoms with E-state index in [4.69, 9.17) is 5.11 Å². The molecule has 0 aromatic heterocycles. The van der Waals surface area contributed by atoms with Crippen molar-refractivity contribution in [2.45, 2.75) is 58.4 Å². The highest BCUT2D eigenvalue weighted by Crippen LogP contribution is 2.22. The Morgan fingerprint density at radius 2 is 1.90 bits per heavy atom. The maximum Gasteiger partial charge on any atom is 0.303 e. The molecule has 1 aliphatic rings. The first-order valence-corrected chi connectivity index (χ1v) is 7.72. The van der Waals surface area contributed by atoms with Gasteiger partial charge in [0.1, 0.15) is 0 Å². The standard InChI is InChI=1S/C15H28N2O3/c1-12(2)16-9-3-4-14(18)17-10-7-13(8-11-17)5-6-15(19)20/h12-13,16H,3-11H2,1-2H3,(H,19,20). The van der Waals surface area contributed by atoms with E-state index in [1.807, 2.05) is 4.90 Å². The van der Waals surface area contributed by atoms with E-state index in [0.717, 1.165) is 45.3 Å². The third-order valence-corrected chi connectivity index (χ3v) is 3.85. The fraction of sp³-hybridized carbons (Fsp3) is 0.867. The number of rotatable bonds is 8. The smallest absolute Gasteiger partial charge is 0.303 e. The summed E-state index contributed by atoms with van der Waals surface area (Å²) in [4.78, 5) is 24.5. The molecule has 0 spiro atoms. The van der Waals surface area contributed by atoms with E-state index >= 15 is 0 Å². The molecule has 1 rings (SSSR count). The normalized spacial score (nSPS) is 16.6. The molecular weight excluding hydrogens is 256 g/mol. The van der Waals surface area contributed by atoms with Gasteiger partial charge in [-0.15, -0.1) is 0 Å². The van der Waals surface area contributed by atoms with Gasteiger partial charge in [-0.3, -0.25) is 9.59 Å². The number of nitrogens with zero attached hydrogens (tertiary/aromatic N) is 1. The maximum atomic E-state index is 12.0. The lowest BCUT2D eigenvalue weighted by Crippen LogP contribution is -2.38. The average Bonchev–Trinajstić information content (AvgIpc) is 2.41. The zero-order valence-corrected chi connectivity index (χ0v) is 12.7. The van der Waals surface area contributed by atoms with Crippen LogP contribution in [0, 0.1) is 5.92 Å². The summed E-state index contributed by atoms with van der Waals surface area (Å²) in [5.41, 5.74) is 0. The van der Waals surface area contributed by atoms with Crippen LogP contribution in [0.25, 0.3) is 0 Å². The van der Waals surface area contributed by atoms with E-state index in [0.29, 0.717) is 18.4 Å². The molecule has 5 heteroatoms. The van der Waals surface area contributed by atoms with Gasteiger partial charge in [-0.2, -0.15) is 0 Å². The summed E-state index contributed by atoms with van der Waals surface area (Å²) in [7, 11) is 0. The molecule has 1 amide bonds. The highest BCUT2D eigenvalue weighted by Gasteiger charge is 2.22. The number of carbonyl (C=O) groups excluding carboxylic acids is 1. The number of carboxylic acid groups (broad SMARTS) is 1. The fourth-order valence-corrected chi connectivity index (χ4v) is 2.59. The van der Waals surface area contributed by atoms with Crippen LogP contribution in [0.4, 0.5) is 0 Å². The number of hydrogen-bond acceptors (Lipinski definition) is 3. The van der Waals surface area contributed by atoms with Crippen LogP contribution >= 0.6 is 0 Å². The van der Waals surface area contributed by atoms with Crippen LogP contribution in [0.15, 0.2) is 0 Å². The Labute approximate surface area is 121 Å². The van der Waals surface area contributed by atoms with E-state index in [2.05, 4.69) is 19.2 Å². The van der Waals surface area contributed by atoms with Crippen molar-refractivity contribution in [3.05, 3.63) is 0 Å². The minimum Gasteiger partial charge on any atom is -0.481 e. The highest BCUT2D eigenvalue weighted by molar-refractivity contribution is 5.76. The Hall–Kier alpha value is -1.10. The van der Waals surface area contributed by atoms with E-state index in [-0.39, 0.29) is 12.3 Å². The summed E-state index contributed by atoms with van der Waals surface area (Å²) in [6.07, 6.45) is 4.39. The van der Waals surface area contributed by atoms with Gasteiger partial charge >= 0.3 is 5.97 Å². The second-order valence-electron chi connectivity index (χ2n) is 5.97. The summed E-state index contributed by atoms with van der Waals surface area (Å²) in [5.74, 6) is -0.00819. The molecule has 2 N–H and O–H groups in total. The van der Waals surface area contributed by atoms with Crippen molar-refractivity contribution in [1.29, 1.82) is 0 Å². The molecule has 116 valence electrons. The third-order valence-electron chi connectivity index (χ3n) is 3.85. The van der Waals surface area contributed by atoms with E-state index in [9.17, 15) is 9.59 Å². The van der Waals surface area contributed by atoms with Crippen LogP contribution in [0.1, 0.15) is 52.4 Å². The molecule has 1 saturated heterocycles. The van der Waals surface area contributed by atoms with Gasteiger partial charge in [-0.05, 0) is 38.1 Å². The van der Waals surface area contributed by atoms with E-state index in [1.54, 1.807) is 0 Å². The van der Waals surface area contributed by atoms with Crippen molar-refractivity contribution < 1.29 is 14.7 Å². The van der Waals surface area contributed by atoms with Gasteiger partial charge in [0.25, 0.3) is 0 Å². The van der Waals surface area contributed by atoms with E-state index < -0.39 is 5.97 Å². The van der Waals surface area contributed by atoms with Crippen molar-refractivity contribution in [2.75, 3.05) is 19.6 Å². The topological polar surface area (TPSA) is 69.6 Å². The molecule has 5 nitrogen and oxygen atoms in total. The van der Waals surface area contributed by atoms with Crippen LogP contribution in [0.5, 0.6) is 0 Å². The van der Waals surface area contributed by atoms with Crippen molar-refractivity contribution in [1.82, 2.24) is 10.2 Å². The molecule has 0 atom stereocenters. The summed E-state index contributed by atoms with van der Waals surface area (Å²) in [5, 5.41) is 12.0. The zero-order valence-electron chi connectivity index (χ0n) is 12.7. The molecule has 0 radical (unpaired) electrons. The van der Waals surface area contributed by atoms with Gasteiger partial charge in [-0.25, -0.2) is 0 Å². The predicted octanol–water partition coefficient (Wildman–Crippen LogP) is 1.87. The predicted molar refractivity (Wildman–Crippen MR) is 78.5 cm³/mol. The third kappa shape index (κ3) is 6.89. The lowest BCUT2D eigenvalue weighted by Gasteiger charge is -2.32. The molecule has 20 heavy (non-hydrogen) atoms. The molecule has 0 saturated carbocycles. The number of piperidine rings is 1. The summed E-state index contributed by atoms with van der Waals surface area (Å²) in [6, 6.07) is 0.468. The van der Waals surface area contributed by atoms with Gasteiger partial charge in [0.05, 0.1) is 0 Å². The van der Waals surface area contributed by atoms with Crippen LogP contribution in [0.2, 0.25) is 0 Å². The number of carboxylic acids is 1. The number of carbonyl (C=O) groups is 2.